The third-order valence-electron chi connectivity index (χ3n) is 6.83. The molecule has 0 aliphatic carbocycles. The van der Waals surface area contributed by atoms with Crippen molar-refractivity contribution in [2.75, 3.05) is 27.3 Å². The number of carbonyl (C=O) groups excluding carboxylic acids is 2. The zero-order chi connectivity index (χ0) is 25.2. The second-order valence-electron chi connectivity index (χ2n) is 9.13. The van der Waals surface area contributed by atoms with E-state index in [-0.39, 0.29) is 36.2 Å². The van der Waals surface area contributed by atoms with Crippen molar-refractivity contribution in [2.45, 2.75) is 51.6 Å². The topological polar surface area (TPSA) is 67.9 Å². The summed E-state index contributed by atoms with van der Waals surface area (Å²) in [6.07, 6.45) is 7.76. The molecule has 1 N–H and O–H groups in total. The van der Waals surface area contributed by atoms with Crippen LogP contribution in [0.5, 0.6) is 11.5 Å². The highest BCUT2D eigenvalue weighted by Gasteiger charge is 2.32. The first kappa shape index (κ1) is 26.5. The first-order valence-corrected chi connectivity index (χ1v) is 12.5. The molecule has 1 aliphatic rings. The fraction of sp³-hybridized carbons (Fsp3) is 0.448. The van der Waals surface area contributed by atoms with Gasteiger partial charge in [0.2, 0.25) is 5.91 Å². The van der Waals surface area contributed by atoms with Crippen LogP contribution < -0.4 is 14.8 Å². The molecule has 0 unspecified atom stereocenters. The van der Waals surface area contributed by atoms with E-state index >= 15 is 0 Å². The standard InChI is InChI=1S/C29H38N2O4/c1-5-21(2)23(18-17-22-12-7-6-8-13-22)30-29(33)24-14-9-10-19-31(24)20-25(32)28-26(34-3)15-11-16-27(28)35-4/h6-8,11-13,15-18,21,23-24H,5,9-10,14,19-20H2,1-4H3,(H,30,33)/b18-17+/t21-,23+,24-/m0/s1. The number of piperidine rings is 1. The molecule has 0 spiro atoms. The third kappa shape index (κ3) is 6.95. The molecule has 1 heterocycles. The number of carbonyl (C=O) groups is 2. The van der Waals surface area contributed by atoms with E-state index in [9.17, 15) is 9.59 Å². The van der Waals surface area contributed by atoms with Gasteiger partial charge in [0.05, 0.1) is 32.8 Å². The molecular formula is C29H38N2O4. The van der Waals surface area contributed by atoms with E-state index in [0.717, 1.165) is 31.2 Å². The largest absolute Gasteiger partial charge is 0.496 e. The van der Waals surface area contributed by atoms with Gasteiger partial charge in [0, 0.05) is 0 Å². The van der Waals surface area contributed by atoms with Crippen LogP contribution >= 0.6 is 0 Å². The predicted octanol–water partition coefficient (Wildman–Crippen LogP) is 4.99. The highest BCUT2D eigenvalue weighted by Crippen LogP contribution is 2.29. The highest BCUT2D eigenvalue weighted by atomic mass is 16.5. The Morgan fingerprint density at radius 3 is 2.37 bits per heavy atom. The second-order valence-corrected chi connectivity index (χ2v) is 9.13. The average Bonchev–Trinajstić information content (AvgIpc) is 2.90. The Kier molecular flexibility index (Phi) is 9.91. The van der Waals surface area contributed by atoms with Gasteiger partial charge < -0.3 is 14.8 Å². The molecule has 0 bridgehead atoms. The van der Waals surface area contributed by atoms with Crippen LogP contribution in [-0.2, 0) is 4.79 Å². The lowest BCUT2D eigenvalue weighted by Gasteiger charge is -2.35. The molecule has 188 valence electrons. The summed E-state index contributed by atoms with van der Waals surface area (Å²) >= 11 is 0. The average molecular weight is 479 g/mol. The minimum absolute atomic E-state index is 0.0208. The zero-order valence-electron chi connectivity index (χ0n) is 21.3. The fourth-order valence-corrected chi connectivity index (χ4v) is 4.54. The van der Waals surface area contributed by atoms with E-state index in [1.54, 1.807) is 32.4 Å². The van der Waals surface area contributed by atoms with E-state index in [1.165, 1.54) is 0 Å². The summed E-state index contributed by atoms with van der Waals surface area (Å²) in [6.45, 7) is 5.13. The van der Waals surface area contributed by atoms with Crippen molar-refractivity contribution < 1.29 is 19.1 Å². The summed E-state index contributed by atoms with van der Waals surface area (Å²) in [5.74, 6) is 1.12. The lowest BCUT2D eigenvalue weighted by Crippen LogP contribution is -2.53. The summed E-state index contributed by atoms with van der Waals surface area (Å²) in [7, 11) is 3.08. The van der Waals surface area contributed by atoms with Crippen molar-refractivity contribution in [3.63, 3.8) is 0 Å². The molecule has 2 aromatic carbocycles. The lowest BCUT2D eigenvalue weighted by molar-refractivity contribution is -0.128. The molecule has 1 fully saturated rings. The molecule has 3 atom stereocenters. The van der Waals surface area contributed by atoms with Crippen LogP contribution in [0.2, 0.25) is 0 Å². The number of nitrogens with zero attached hydrogens (tertiary/aromatic N) is 1. The summed E-state index contributed by atoms with van der Waals surface area (Å²) in [5, 5.41) is 3.27. The van der Waals surface area contributed by atoms with Crippen molar-refractivity contribution >= 4 is 17.8 Å². The Morgan fingerprint density at radius 1 is 1.06 bits per heavy atom. The number of hydrogen-bond acceptors (Lipinski definition) is 5. The summed E-state index contributed by atoms with van der Waals surface area (Å²) in [6, 6.07) is 15.0. The number of methoxy groups -OCH3 is 2. The van der Waals surface area contributed by atoms with E-state index in [2.05, 4.69) is 31.3 Å². The molecule has 1 saturated heterocycles. The number of amides is 1. The monoisotopic (exact) mass is 478 g/mol. The third-order valence-corrected chi connectivity index (χ3v) is 6.83. The zero-order valence-corrected chi connectivity index (χ0v) is 21.3. The van der Waals surface area contributed by atoms with Crippen molar-refractivity contribution in [1.82, 2.24) is 10.2 Å². The Balaban J connectivity index is 1.75. The smallest absolute Gasteiger partial charge is 0.237 e. The van der Waals surface area contributed by atoms with Gasteiger partial charge in [-0.3, -0.25) is 14.5 Å². The second kappa shape index (κ2) is 13.1. The van der Waals surface area contributed by atoms with Gasteiger partial charge in [-0.2, -0.15) is 0 Å². The number of ketones is 1. The van der Waals surface area contributed by atoms with Gasteiger partial charge in [0.1, 0.15) is 17.1 Å². The van der Waals surface area contributed by atoms with E-state index in [1.807, 2.05) is 35.2 Å². The summed E-state index contributed by atoms with van der Waals surface area (Å²) in [5.41, 5.74) is 1.52. The van der Waals surface area contributed by atoms with Crippen LogP contribution in [0.4, 0.5) is 0 Å². The van der Waals surface area contributed by atoms with E-state index in [0.29, 0.717) is 23.6 Å². The molecular weight excluding hydrogens is 440 g/mol. The van der Waals surface area contributed by atoms with E-state index < -0.39 is 0 Å². The number of Topliss-reactive ketones (excluding diaryl/α,β-unsaturated/α-hetero) is 1. The van der Waals surface area contributed by atoms with Crippen LogP contribution in [0, 0.1) is 5.92 Å². The van der Waals surface area contributed by atoms with Crippen molar-refractivity contribution in [3.8, 4) is 11.5 Å². The van der Waals surface area contributed by atoms with E-state index in [4.69, 9.17) is 9.47 Å². The first-order valence-electron chi connectivity index (χ1n) is 12.5. The van der Waals surface area contributed by atoms with Crippen molar-refractivity contribution in [1.29, 1.82) is 0 Å². The molecule has 2 aromatic rings. The van der Waals surface area contributed by atoms with Crippen LogP contribution in [0.3, 0.4) is 0 Å². The lowest BCUT2D eigenvalue weighted by atomic mass is 9.95. The van der Waals surface area contributed by atoms with Crippen LogP contribution in [0.1, 0.15) is 55.5 Å². The maximum atomic E-state index is 13.5. The quantitative estimate of drug-likeness (QED) is 0.461. The summed E-state index contributed by atoms with van der Waals surface area (Å²) < 4.78 is 10.8. The molecule has 3 rings (SSSR count). The van der Waals surface area contributed by atoms with Gasteiger partial charge in [0.15, 0.2) is 5.78 Å². The van der Waals surface area contributed by atoms with Crippen LogP contribution in [0.15, 0.2) is 54.6 Å². The van der Waals surface area contributed by atoms with Gasteiger partial charge in [-0.1, -0.05) is 75.2 Å². The number of likely N-dealkylation sites (tertiary alicyclic amines) is 1. The van der Waals surface area contributed by atoms with Crippen molar-refractivity contribution in [2.24, 2.45) is 5.92 Å². The first-order chi connectivity index (χ1) is 17.0. The molecule has 0 saturated carbocycles. The summed E-state index contributed by atoms with van der Waals surface area (Å²) in [4.78, 5) is 28.8. The number of rotatable bonds is 11. The Bertz CT molecular complexity index is 983. The number of ether oxygens (including phenoxy) is 2. The van der Waals surface area contributed by atoms with Gasteiger partial charge in [0.25, 0.3) is 0 Å². The Morgan fingerprint density at radius 2 is 1.74 bits per heavy atom. The van der Waals surface area contributed by atoms with Crippen molar-refractivity contribution in [3.05, 3.63) is 65.7 Å². The maximum absolute atomic E-state index is 13.5. The Labute approximate surface area is 209 Å². The highest BCUT2D eigenvalue weighted by molar-refractivity contribution is 6.03. The maximum Gasteiger partial charge on any atom is 0.237 e. The molecule has 1 aliphatic heterocycles. The molecule has 0 radical (unpaired) electrons. The SMILES string of the molecule is CC[C@H](C)[C@@H](/C=C/c1ccccc1)NC(=O)[C@@H]1CCCCN1CC(=O)c1c(OC)cccc1OC. The van der Waals surface area contributed by atoms with Gasteiger partial charge in [-0.15, -0.1) is 0 Å². The molecule has 1 amide bonds. The van der Waals surface area contributed by atoms with Gasteiger partial charge in [-0.25, -0.2) is 0 Å². The Hall–Kier alpha value is -3.12. The normalized spacial score (nSPS) is 18.1. The van der Waals surface area contributed by atoms with Gasteiger partial charge in [-0.05, 0) is 43.0 Å². The molecule has 6 heteroatoms. The number of benzene rings is 2. The minimum Gasteiger partial charge on any atom is -0.496 e. The van der Waals surface area contributed by atoms with Crippen LogP contribution in [-0.4, -0.2) is 56.0 Å². The molecule has 0 aromatic heterocycles. The molecule has 6 nitrogen and oxygen atoms in total. The number of hydrogen-bond donors (Lipinski definition) is 1. The molecule has 35 heavy (non-hydrogen) atoms. The predicted molar refractivity (Wildman–Crippen MR) is 140 cm³/mol. The van der Waals surface area contributed by atoms with Crippen LogP contribution in [0.25, 0.3) is 6.08 Å². The van der Waals surface area contributed by atoms with Gasteiger partial charge >= 0.3 is 0 Å². The number of nitrogens with one attached hydrogen (secondary N) is 1. The fourth-order valence-electron chi connectivity index (χ4n) is 4.54. The minimum atomic E-state index is -0.343.